The third kappa shape index (κ3) is 9.34. The number of carboxylic acid groups (broad SMARTS) is 1. The Morgan fingerprint density at radius 3 is 2.50 bits per heavy atom. The molecule has 0 spiro atoms. The lowest BCUT2D eigenvalue weighted by atomic mass is 10.1. The highest BCUT2D eigenvalue weighted by Gasteiger charge is 2.26. The maximum Gasteiger partial charge on any atom is 0.290 e. The molecule has 2 N–H and O–H groups in total. The monoisotopic (exact) mass is 310 g/mol. The van der Waals surface area contributed by atoms with Gasteiger partial charge >= 0.3 is 0 Å². The Labute approximate surface area is 134 Å². The van der Waals surface area contributed by atoms with Gasteiger partial charge in [0.1, 0.15) is 0 Å². The molecule has 1 atom stereocenters. The summed E-state index contributed by atoms with van der Waals surface area (Å²) < 4.78 is 0. The summed E-state index contributed by atoms with van der Waals surface area (Å²) in [7, 11) is 1.72. The summed E-state index contributed by atoms with van der Waals surface area (Å²) in [5, 5.41) is 9.63. The first-order chi connectivity index (χ1) is 10.4. The van der Waals surface area contributed by atoms with Crippen LogP contribution >= 0.6 is 0 Å². The first-order valence-electron chi connectivity index (χ1n) is 7.75. The molecule has 126 valence electrons. The topological polar surface area (TPSA) is 69.6 Å². The second-order valence-electron chi connectivity index (χ2n) is 5.84. The molecule has 1 aliphatic rings. The average molecular weight is 310 g/mol. The van der Waals surface area contributed by atoms with Crippen LogP contribution < -0.4 is 5.32 Å². The van der Waals surface area contributed by atoms with E-state index >= 15 is 0 Å². The van der Waals surface area contributed by atoms with E-state index in [1.165, 1.54) is 11.1 Å². The predicted molar refractivity (Wildman–Crippen MR) is 89.7 cm³/mol. The maximum absolute atomic E-state index is 11.5. The lowest BCUT2D eigenvalue weighted by molar-refractivity contribution is -0.124. The van der Waals surface area contributed by atoms with Crippen molar-refractivity contribution in [1.82, 2.24) is 10.2 Å². The molecule has 1 unspecified atom stereocenters. The van der Waals surface area contributed by atoms with Gasteiger partial charge in [-0.3, -0.25) is 14.5 Å². The van der Waals surface area contributed by atoms with Crippen molar-refractivity contribution in [3.8, 4) is 0 Å². The van der Waals surface area contributed by atoms with E-state index in [1.807, 2.05) is 0 Å². The van der Waals surface area contributed by atoms with Gasteiger partial charge in [0.2, 0.25) is 5.91 Å². The summed E-state index contributed by atoms with van der Waals surface area (Å²) >= 11 is 0. The molecule has 0 saturated carbocycles. The Kier molecular flexibility index (Phi) is 11.1. The standard InChI is InChI=1S/C16H28N2O.CH2O2/c1-13(2)6-5-7-14(3)8-10-18-11-9-15(12-18)16(19)17-4;2-1-3/h6,8,15H,5,7,9-12H2,1-4H3,(H,17,19);1H,(H,2,3). The number of nitrogens with one attached hydrogen (secondary N) is 1. The summed E-state index contributed by atoms with van der Waals surface area (Å²) in [5.74, 6) is 0.371. The van der Waals surface area contributed by atoms with Crippen LogP contribution in [0.1, 0.15) is 40.0 Å². The van der Waals surface area contributed by atoms with Gasteiger partial charge in [0.15, 0.2) is 0 Å². The number of allylic oxidation sites excluding steroid dienone is 3. The third-order valence-electron chi connectivity index (χ3n) is 3.68. The third-order valence-corrected chi connectivity index (χ3v) is 3.68. The van der Waals surface area contributed by atoms with Crippen molar-refractivity contribution in [2.75, 3.05) is 26.7 Å². The molecular weight excluding hydrogens is 280 g/mol. The molecule has 1 rings (SSSR count). The van der Waals surface area contributed by atoms with Crippen molar-refractivity contribution in [3.05, 3.63) is 23.3 Å². The van der Waals surface area contributed by atoms with Crippen LogP contribution in [0.15, 0.2) is 23.3 Å². The van der Waals surface area contributed by atoms with Gasteiger partial charge in [-0.15, -0.1) is 0 Å². The zero-order valence-electron chi connectivity index (χ0n) is 14.3. The molecule has 1 saturated heterocycles. The van der Waals surface area contributed by atoms with Crippen LogP contribution in [0.25, 0.3) is 0 Å². The Hall–Kier alpha value is -1.62. The minimum atomic E-state index is -0.250. The van der Waals surface area contributed by atoms with Crippen molar-refractivity contribution < 1.29 is 14.7 Å². The number of amides is 1. The van der Waals surface area contributed by atoms with E-state index in [4.69, 9.17) is 9.90 Å². The fraction of sp³-hybridized carbons (Fsp3) is 0.647. The highest BCUT2D eigenvalue weighted by Crippen LogP contribution is 2.16. The molecule has 1 fully saturated rings. The lowest BCUT2D eigenvalue weighted by Crippen LogP contribution is -2.30. The van der Waals surface area contributed by atoms with E-state index in [1.54, 1.807) is 7.05 Å². The van der Waals surface area contributed by atoms with Crippen molar-refractivity contribution in [1.29, 1.82) is 0 Å². The normalized spacial score (nSPS) is 18.2. The van der Waals surface area contributed by atoms with Gasteiger partial charge in [0.05, 0.1) is 5.92 Å². The van der Waals surface area contributed by atoms with E-state index in [-0.39, 0.29) is 18.3 Å². The first kappa shape index (κ1) is 20.4. The van der Waals surface area contributed by atoms with Crippen LogP contribution in [0.4, 0.5) is 0 Å². The SMILES string of the molecule is CNC(=O)C1CCN(CC=C(C)CCC=C(C)C)C1.O=CO. The van der Waals surface area contributed by atoms with Crippen LogP contribution in [0.3, 0.4) is 0 Å². The van der Waals surface area contributed by atoms with E-state index in [9.17, 15) is 4.79 Å². The molecular formula is C17H30N2O3. The van der Waals surface area contributed by atoms with Crippen LogP contribution in [0, 0.1) is 5.92 Å². The summed E-state index contributed by atoms with van der Waals surface area (Å²) in [4.78, 5) is 22.3. The van der Waals surface area contributed by atoms with Crippen molar-refractivity contribution in [3.63, 3.8) is 0 Å². The Morgan fingerprint density at radius 1 is 1.32 bits per heavy atom. The molecule has 22 heavy (non-hydrogen) atoms. The molecule has 0 aromatic heterocycles. The fourth-order valence-corrected chi connectivity index (χ4v) is 2.39. The van der Waals surface area contributed by atoms with Crippen molar-refractivity contribution in [2.24, 2.45) is 5.92 Å². The van der Waals surface area contributed by atoms with Crippen LogP contribution in [0.2, 0.25) is 0 Å². The summed E-state index contributed by atoms with van der Waals surface area (Å²) in [6, 6.07) is 0. The van der Waals surface area contributed by atoms with Crippen molar-refractivity contribution in [2.45, 2.75) is 40.0 Å². The number of rotatable bonds is 6. The van der Waals surface area contributed by atoms with Gasteiger partial charge in [-0.1, -0.05) is 23.3 Å². The summed E-state index contributed by atoms with van der Waals surface area (Å²) in [5.41, 5.74) is 2.83. The first-order valence-corrected chi connectivity index (χ1v) is 7.75. The molecule has 1 aliphatic heterocycles. The Morgan fingerprint density at radius 2 is 1.95 bits per heavy atom. The molecule has 0 radical (unpaired) electrons. The molecule has 5 heteroatoms. The molecule has 0 aromatic carbocycles. The zero-order valence-corrected chi connectivity index (χ0v) is 14.3. The largest absolute Gasteiger partial charge is 0.483 e. The van der Waals surface area contributed by atoms with Gasteiger partial charge in [-0.2, -0.15) is 0 Å². The van der Waals surface area contributed by atoms with Crippen LogP contribution in [-0.4, -0.2) is 49.1 Å². The number of carbonyl (C=O) groups excluding carboxylic acids is 1. The van der Waals surface area contributed by atoms with E-state index in [2.05, 4.69) is 43.1 Å². The second kappa shape index (κ2) is 12.0. The quantitative estimate of drug-likeness (QED) is 0.584. The molecule has 0 aliphatic carbocycles. The van der Waals surface area contributed by atoms with E-state index in [0.29, 0.717) is 0 Å². The smallest absolute Gasteiger partial charge is 0.290 e. The molecule has 1 heterocycles. The van der Waals surface area contributed by atoms with E-state index in [0.717, 1.165) is 38.9 Å². The minimum absolute atomic E-state index is 0.185. The molecule has 0 bridgehead atoms. The predicted octanol–water partition coefficient (Wildman–Crippen LogP) is 2.45. The number of hydrogen-bond acceptors (Lipinski definition) is 3. The van der Waals surface area contributed by atoms with Gasteiger partial charge in [-0.05, 0) is 46.6 Å². The number of likely N-dealkylation sites (tertiary alicyclic amines) is 1. The Balaban J connectivity index is 0.00000135. The molecule has 0 aromatic rings. The van der Waals surface area contributed by atoms with Gasteiger partial charge < -0.3 is 10.4 Å². The lowest BCUT2D eigenvalue weighted by Gasteiger charge is -2.13. The molecule has 1 amide bonds. The van der Waals surface area contributed by atoms with Gasteiger partial charge in [0.25, 0.3) is 6.47 Å². The van der Waals surface area contributed by atoms with E-state index < -0.39 is 0 Å². The highest BCUT2D eigenvalue weighted by atomic mass is 16.3. The van der Waals surface area contributed by atoms with Crippen molar-refractivity contribution >= 4 is 12.4 Å². The average Bonchev–Trinajstić information content (AvgIpc) is 2.93. The number of nitrogens with zero attached hydrogens (tertiary/aromatic N) is 1. The number of hydrogen-bond donors (Lipinski definition) is 2. The highest BCUT2D eigenvalue weighted by molar-refractivity contribution is 5.78. The summed E-state index contributed by atoms with van der Waals surface area (Å²) in [6.45, 7) is 9.15. The van der Waals surface area contributed by atoms with Crippen LogP contribution in [0.5, 0.6) is 0 Å². The fourth-order valence-electron chi connectivity index (χ4n) is 2.39. The second-order valence-corrected chi connectivity index (χ2v) is 5.84. The zero-order chi connectivity index (χ0) is 17.0. The van der Waals surface area contributed by atoms with Gasteiger partial charge in [0, 0.05) is 20.1 Å². The molecule has 5 nitrogen and oxygen atoms in total. The summed E-state index contributed by atoms with van der Waals surface area (Å²) in [6.07, 6.45) is 7.85. The maximum atomic E-state index is 11.5. The van der Waals surface area contributed by atoms with Crippen LogP contribution in [-0.2, 0) is 9.59 Å². The Bertz CT molecular complexity index is 399. The minimum Gasteiger partial charge on any atom is -0.483 e. The van der Waals surface area contributed by atoms with Gasteiger partial charge in [-0.25, -0.2) is 0 Å². The number of carbonyl (C=O) groups is 2.